The van der Waals surface area contributed by atoms with Crippen molar-refractivity contribution in [3.63, 3.8) is 0 Å². The first-order chi connectivity index (χ1) is 12.6. The molecule has 1 aromatic heterocycles. The van der Waals surface area contributed by atoms with Crippen LogP contribution in [0.25, 0.3) is 11.0 Å². The smallest absolute Gasteiger partial charge is 0.125 e. The van der Waals surface area contributed by atoms with Crippen molar-refractivity contribution in [1.29, 1.82) is 0 Å². The monoisotopic (exact) mass is 352 g/mol. The van der Waals surface area contributed by atoms with Crippen LogP contribution in [0.5, 0.6) is 0 Å². The second kappa shape index (κ2) is 7.17. The van der Waals surface area contributed by atoms with E-state index in [9.17, 15) is 4.39 Å². The number of imidazole rings is 1. The number of hydrogen-bond acceptors (Lipinski definition) is 3. The Morgan fingerprint density at radius 1 is 1.08 bits per heavy atom. The van der Waals surface area contributed by atoms with Gasteiger partial charge in [-0.1, -0.05) is 24.3 Å². The van der Waals surface area contributed by atoms with Crippen molar-refractivity contribution in [2.45, 2.75) is 25.6 Å². The Labute approximate surface area is 153 Å². The van der Waals surface area contributed by atoms with Crippen LogP contribution >= 0.6 is 0 Å². The van der Waals surface area contributed by atoms with Crippen molar-refractivity contribution in [1.82, 2.24) is 19.4 Å². The number of halogens is 1. The fourth-order valence-electron chi connectivity index (χ4n) is 3.75. The molecule has 1 aliphatic heterocycles. The van der Waals surface area contributed by atoms with Crippen LogP contribution in [0.15, 0.2) is 48.8 Å². The highest BCUT2D eigenvalue weighted by Gasteiger charge is 2.23. The fourth-order valence-corrected chi connectivity index (χ4v) is 3.75. The minimum atomic E-state index is -0.245. The quantitative estimate of drug-likeness (QED) is 0.704. The molecule has 1 saturated heterocycles. The summed E-state index contributed by atoms with van der Waals surface area (Å²) in [4.78, 5) is 9.14. The maximum absolute atomic E-state index is 13.3. The van der Waals surface area contributed by atoms with Crippen molar-refractivity contribution >= 4 is 11.0 Å². The van der Waals surface area contributed by atoms with Crippen LogP contribution in [-0.4, -0.2) is 52.6 Å². The highest BCUT2D eigenvalue weighted by atomic mass is 19.1. The van der Waals surface area contributed by atoms with Crippen molar-refractivity contribution < 1.29 is 4.39 Å². The first-order valence-electron chi connectivity index (χ1n) is 9.15. The molecule has 2 heterocycles. The molecule has 0 N–H and O–H groups in total. The lowest BCUT2D eigenvalue weighted by molar-refractivity contribution is 0.264. The van der Waals surface area contributed by atoms with E-state index >= 15 is 0 Å². The van der Waals surface area contributed by atoms with Gasteiger partial charge in [0.05, 0.1) is 17.4 Å². The van der Waals surface area contributed by atoms with Crippen LogP contribution in [0.2, 0.25) is 0 Å². The minimum Gasteiger partial charge on any atom is -0.326 e. The SMILES string of the molecule is CN(C)C1CCN(Cc2ccc(Cn3cnc4cc(F)ccc43)cc2)C1. The Balaban J connectivity index is 1.41. The molecule has 4 rings (SSSR count). The molecule has 4 nitrogen and oxygen atoms in total. The summed E-state index contributed by atoms with van der Waals surface area (Å²) in [6, 6.07) is 14.2. The number of likely N-dealkylation sites (tertiary alicyclic amines) is 1. The highest BCUT2D eigenvalue weighted by molar-refractivity contribution is 5.75. The molecule has 1 unspecified atom stereocenters. The van der Waals surface area contributed by atoms with Gasteiger partial charge in [0.2, 0.25) is 0 Å². The molecule has 5 heteroatoms. The number of benzene rings is 2. The van der Waals surface area contributed by atoms with Gasteiger partial charge in [0.15, 0.2) is 0 Å². The van der Waals surface area contributed by atoms with E-state index in [1.165, 1.54) is 36.2 Å². The molecule has 2 aromatic carbocycles. The van der Waals surface area contributed by atoms with Gasteiger partial charge in [-0.05, 0) is 43.8 Å². The topological polar surface area (TPSA) is 24.3 Å². The first-order valence-corrected chi connectivity index (χ1v) is 9.15. The molecule has 1 atom stereocenters. The molecule has 136 valence electrons. The molecule has 0 saturated carbocycles. The zero-order chi connectivity index (χ0) is 18.1. The second-order valence-electron chi connectivity index (χ2n) is 7.46. The summed E-state index contributed by atoms with van der Waals surface area (Å²) >= 11 is 0. The standard InChI is InChI=1S/C21H25FN4/c1-24(2)19-9-10-25(14-19)12-16-3-5-17(6-4-16)13-26-15-23-20-11-18(22)7-8-21(20)26/h3-8,11,15,19H,9-10,12-14H2,1-2H3. The largest absolute Gasteiger partial charge is 0.326 e. The zero-order valence-corrected chi connectivity index (χ0v) is 15.4. The van der Waals surface area contributed by atoms with E-state index in [1.807, 2.05) is 0 Å². The van der Waals surface area contributed by atoms with Gasteiger partial charge in [-0.15, -0.1) is 0 Å². The maximum atomic E-state index is 13.3. The van der Waals surface area contributed by atoms with Crippen LogP contribution < -0.4 is 0 Å². The van der Waals surface area contributed by atoms with Gasteiger partial charge in [-0.2, -0.15) is 0 Å². The van der Waals surface area contributed by atoms with Crippen LogP contribution in [-0.2, 0) is 13.1 Å². The summed E-state index contributed by atoms with van der Waals surface area (Å²) in [6.45, 7) is 4.07. The van der Waals surface area contributed by atoms with Crippen molar-refractivity contribution in [2.24, 2.45) is 0 Å². The lowest BCUT2D eigenvalue weighted by atomic mass is 10.1. The van der Waals surface area contributed by atoms with Gasteiger partial charge >= 0.3 is 0 Å². The number of aromatic nitrogens is 2. The minimum absolute atomic E-state index is 0.245. The summed E-state index contributed by atoms with van der Waals surface area (Å²) in [5.41, 5.74) is 4.24. The van der Waals surface area contributed by atoms with Gasteiger partial charge in [-0.25, -0.2) is 9.37 Å². The number of rotatable bonds is 5. The third-order valence-electron chi connectivity index (χ3n) is 5.34. The lowest BCUT2D eigenvalue weighted by Crippen LogP contribution is -2.31. The predicted molar refractivity (Wildman–Crippen MR) is 103 cm³/mol. The number of nitrogens with zero attached hydrogens (tertiary/aromatic N) is 4. The van der Waals surface area contributed by atoms with Gasteiger partial charge in [0.25, 0.3) is 0 Å². The lowest BCUT2D eigenvalue weighted by Gasteiger charge is -2.20. The third-order valence-corrected chi connectivity index (χ3v) is 5.34. The molecule has 1 fully saturated rings. The van der Waals surface area contributed by atoms with Gasteiger partial charge in [0, 0.05) is 38.3 Å². The van der Waals surface area contributed by atoms with E-state index in [2.05, 4.69) is 57.7 Å². The van der Waals surface area contributed by atoms with Crippen LogP contribution in [0.4, 0.5) is 4.39 Å². The molecule has 0 spiro atoms. The van der Waals surface area contributed by atoms with Gasteiger partial charge in [0.1, 0.15) is 5.82 Å². The van der Waals surface area contributed by atoms with E-state index in [1.54, 1.807) is 12.4 Å². The average Bonchev–Trinajstić information content (AvgIpc) is 3.24. The summed E-state index contributed by atoms with van der Waals surface area (Å²) < 4.78 is 15.4. The van der Waals surface area contributed by atoms with Crippen LogP contribution in [0, 0.1) is 5.82 Å². The Kier molecular flexibility index (Phi) is 4.74. The van der Waals surface area contributed by atoms with E-state index in [0.717, 1.165) is 25.2 Å². The molecular formula is C21H25FN4. The molecule has 0 amide bonds. The van der Waals surface area contributed by atoms with Gasteiger partial charge in [-0.3, -0.25) is 4.90 Å². The molecule has 3 aromatic rings. The Morgan fingerprint density at radius 2 is 1.81 bits per heavy atom. The maximum Gasteiger partial charge on any atom is 0.125 e. The van der Waals surface area contributed by atoms with E-state index in [-0.39, 0.29) is 5.82 Å². The summed E-state index contributed by atoms with van der Waals surface area (Å²) in [5.74, 6) is -0.245. The van der Waals surface area contributed by atoms with E-state index < -0.39 is 0 Å². The Bertz CT molecular complexity index is 885. The molecular weight excluding hydrogens is 327 g/mol. The van der Waals surface area contributed by atoms with Crippen LogP contribution in [0.1, 0.15) is 17.5 Å². The average molecular weight is 352 g/mol. The van der Waals surface area contributed by atoms with Crippen molar-refractivity contribution in [2.75, 3.05) is 27.2 Å². The number of fused-ring (bicyclic) bond motifs is 1. The zero-order valence-electron chi connectivity index (χ0n) is 15.4. The normalized spacial score (nSPS) is 18.2. The van der Waals surface area contributed by atoms with Crippen molar-refractivity contribution in [3.05, 3.63) is 65.7 Å². The summed E-state index contributed by atoms with van der Waals surface area (Å²) in [7, 11) is 4.33. The summed E-state index contributed by atoms with van der Waals surface area (Å²) in [6.07, 6.45) is 3.03. The van der Waals surface area contributed by atoms with E-state index in [4.69, 9.17) is 0 Å². The van der Waals surface area contributed by atoms with Gasteiger partial charge < -0.3 is 9.47 Å². The Hall–Kier alpha value is -2.24. The van der Waals surface area contributed by atoms with Crippen LogP contribution in [0.3, 0.4) is 0 Å². The molecule has 1 aliphatic rings. The fraction of sp³-hybridized carbons (Fsp3) is 0.381. The van der Waals surface area contributed by atoms with E-state index in [0.29, 0.717) is 11.6 Å². The molecule has 0 radical (unpaired) electrons. The molecule has 26 heavy (non-hydrogen) atoms. The Morgan fingerprint density at radius 3 is 2.50 bits per heavy atom. The third kappa shape index (κ3) is 3.64. The highest BCUT2D eigenvalue weighted by Crippen LogP contribution is 2.18. The predicted octanol–water partition coefficient (Wildman–Crippen LogP) is 3.36. The second-order valence-corrected chi connectivity index (χ2v) is 7.46. The summed E-state index contributed by atoms with van der Waals surface area (Å²) in [5, 5.41) is 0. The van der Waals surface area contributed by atoms with Crippen molar-refractivity contribution in [3.8, 4) is 0 Å². The molecule has 0 bridgehead atoms. The number of likely N-dealkylation sites (N-methyl/N-ethyl adjacent to an activating group) is 1. The number of hydrogen-bond donors (Lipinski definition) is 0. The first kappa shape index (κ1) is 17.2. The molecule has 0 aliphatic carbocycles.